The fourth-order valence-corrected chi connectivity index (χ4v) is 1.62. The monoisotopic (exact) mass is 242 g/mol. The third-order valence-electron chi connectivity index (χ3n) is 1.53. The van der Waals surface area contributed by atoms with Crippen molar-refractivity contribution in [1.82, 2.24) is 5.32 Å². The van der Waals surface area contributed by atoms with Gasteiger partial charge in [-0.2, -0.15) is 0 Å². The summed E-state index contributed by atoms with van der Waals surface area (Å²) in [5.41, 5.74) is 4.70. The zero-order valence-corrected chi connectivity index (χ0v) is 9.08. The molecule has 0 aliphatic heterocycles. The van der Waals surface area contributed by atoms with E-state index in [-0.39, 0.29) is 6.42 Å². The van der Waals surface area contributed by atoms with Crippen molar-refractivity contribution in [2.45, 2.75) is 6.42 Å². The smallest absolute Gasteiger partial charge is 0.318 e. The van der Waals surface area contributed by atoms with Gasteiger partial charge in [-0.15, -0.1) is 11.3 Å². The first-order valence-electron chi connectivity index (χ1n) is 4.35. The average Bonchev–Trinajstić information content (AvgIpc) is 2.66. The first-order chi connectivity index (χ1) is 7.58. The van der Waals surface area contributed by atoms with Gasteiger partial charge < -0.3 is 10.5 Å². The highest BCUT2D eigenvalue weighted by atomic mass is 32.1. The van der Waals surface area contributed by atoms with Crippen molar-refractivity contribution in [3.05, 3.63) is 22.4 Å². The second-order valence-electron chi connectivity index (χ2n) is 2.83. The molecule has 0 aliphatic carbocycles. The van der Waals surface area contributed by atoms with Gasteiger partial charge in [-0.05, 0) is 11.4 Å². The minimum absolute atomic E-state index is 0.113. The van der Waals surface area contributed by atoms with Crippen LogP contribution in [0.15, 0.2) is 17.5 Å². The highest BCUT2D eigenvalue weighted by Crippen LogP contribution is 2.09. The Balaban J connectivity index is 2.25. The van der Waals surface area contributed by atoms with Crippen molar-refractivity contribution in [2.75, 3.05) is 6.61 Å². The van der Waals surface area contributed by atoms with Crippen LogP contribution in [0.25, 0.3) is 0 Å². The molecule has 6 nitrogen and oxygen atoms in total. The molecule has 7 heteroatoms. The van der Waals surface area contributed by atoms with Crippen LogP contribution < -0.4 is 11.1 Å². The van der Waals surface area contributed by atoms with E-state index in [1.54, 1.807) is 11.4 Å². The molecule has 1 aromatic heterocycles. The molecule has 16 heavy (non-hydrogen) atoms. The Bertz CT molecular complexity index is 388. The summed E-state index contributed by atoms with van der Waals surface area (Å²) in [6.45, 7) is -0.507. The highest BCUT2D eigenvalue weighted by molar-refractivity contribution is 7.10. The average molecular weight is 242 g/mol. The zero-order chi connectivity index (χ0) is 12.0. The van der Waals surface area contributed by atoms with Gasteiger partial charge in [0.1, 0.15) is 0 Å². The third kappa shape index (κ3) is 4.56. The van der Waals surface area contributed by atoms with Crippen LogP contribution in [0.2, 0.25) is 0 Å². The molecule has 0 saturated carbocycles. The standard InChI is InChI=1S/C9H10N2O4S/c10-9(14)11-7(12)5-15-8(13)4-6-2-1-3-16-6/h1-3H,4-5H2,(H3,10,11,12,14). The number of carbonyl (C=O) groups is 3. The lowest BCUT2D eigenvalue weighted by Gasteiger charge is -2.02. The highest BCUT2D eigenvalue weighted by Gasteiger charge is 2.09. The molecule has 1 aromatic rings. The van der Waals surface area contributed by atoms with Crippen LogP contribution in [0.1, 0.15) is 4.88 Å². The van der Waals surface area contributed by atoms with E-state index in [4.69, 9.17) is 5.73 Å². The molecule has 1 rings (SSSR count). The number of rotatable bonds is 4. The van der Waals surface area contributed by atoms with Crippen LogP contribution in [-0.4, -0.2) is 24.5 Å². The summed E-state index contributed by atoms with van der Waals surface area (Å²) in [5.74, 6) is -1.27. The number of nitrogens with two attached hydrogens (primary N) is 1. The van der Waals surface area contributed by atoms with E-state index in [9.17, 15) is 14.4 Å². The quantitative estimate of drug-likeness (QED) is 0.727. The Morgan fingerprint density at radius 1 is 1.44 bits per heavy atom. The number of ether oxygens (including phenoxy) is 1. The fraction of sp³-hybridized carbons (Fsp3) is 0.222. The topological polar surface area (TPSA) is 98.5 Å². The normalized spacial score (nSPS) is 9.50. The van der Waals surface area contributed by atoms with E-state index < -0.39 is 24.5 Å². The number of amides is 3. The molecular formula is C9H10N2O4S. The Labute approximate surface area is 95.4 Å². The molecule has 3 N–H and O–H groups in total. The molecule has 0 fully saturated rings. The largest absolute Gasteiger partial charge is 0.455 e. The third-order valence-corrected chi connectivity index (χ3v) is 2.40. The fourth-order valence-electron chi connectivity index (χ4n) is 0.926. The molecule has 0 radical (unpaired) electrons. The zero-order valence-electron chi connectivity index (χ0n) is 8.26. The lowest BCUT2D eigenvalue weighted by atomic mass is 10.3. The Hall–Kier alpha value is -1.89. The van der Waals surface area contributed by atoms with E-state index in [1.165, 1.54) is 11.3 Å². The molecule has 0 aromatic carbocycles. The van der Waals surface area contributed by atoms with Gasteiger partial charge in [0.05, 0.1) is 6.42 Å². The predicted molar refractivity (Wildman–Crippen MR) is 56.7 cm³/mol. The van der Waals surface area contributed by atoms with E-state index in [1.807, 2.05) is 11.4 Å². The Morgan fingerprint density at radius 3 is 2.75 bits per heavy atom. The molecule has 86 valence electrons. The van der Waals surface area contributed by atoms with Crippen LogP contribution in [0.3, 0.4) is 0 Å². The number of urea groups is 1. The minimum atomic E-state index is -0.973. The van der Waals surface area contributed by atoms with Gasteiger partial charge in [0.15, 0.2) is 6.61 Å². The Kier molecular flexibility index (Phi) is 4.46. The molecular weight excluding hydrogens is 232 g/mol. The second-order valence-corrected chi connectivity index (χ2v) is 3.86. The van der Waals surface area contributed by atoms with Crippen LogP contribution in [0.4, 0.5) is 4.79 Å². The molecule has 0 atom stereocenters. The number of primary amides is 1. The lowest BCUT2D eigenvalue weighted by molar-refractivity contribution is -0.147. The number of hydrogen-bond donors (Lipinski definition) is 2. The van der Waals surface area contributed by atoms with Gasteiger partial charge in [-0.3, -0.25) is 14.9 Å². The molecule has 0 bridgehead atoms. The molecule has 1 heterocycles. The summed E-state index contributed by atoms with van der Waals surface area (Å²) >= 11 is 1.42. The maximum Gasteiger partial charge on any atom is 0.318 e. The summed E-state index contributed by atoms with van der Waals surface area (Å²) in [6, 6.07) is 2.63. The van der Waals surface area contributed by atoms with E-state index in [0.29, 0.717) is 0 Å². The number of thiophene rings is 1. The maximum atomic E-state index is 11.2. The van der Waals surface area contributed by atoms with Gasteiger partial charge in [0.25, 0.3) is 5.91 Å². The number of esters is 1. The summed E-state index contributed by atoms with van der Waals surface area (Å²) < 4.78 is 4.63. The van der Waals surface area contributed by atoms with Crippen LogP contribution in [-0.2, 0) is 20.7 Å². The summed E-state index contributed by atoms with van der Waals surface area (Å²) in [6.07, 6.45) is 0.113. The summed E-state index contributed by atoms with van der Waals surface area (Å²) in [7, 11) is 0. The van der Waals surface area contributed by atoms with Gasteiger partial charge in [0, 0.05) is 4.88 Å². The summed E-state index contributed by atoms with van der Waals surface area (Å²) in [5, 5.41) is 3.62. The van der Waals surface area contributed by atoms with Gasteiger partial charge >= 0.3 is 12.0 Å². The van der Waals surface area contributed by atoms with Crippen molar-refractivity contribution in [2.24, 2.45) is 5.73 Å². The minimum Gasteiger partial charge on any atom is -0.455 e. The van der Waals surface area contributed by atoms with E-state index in [0.717, 1.165) is 4.88 Å². The lowest BCUT2D eigenvalue weighted by Crippen LogP contribution is -2.37. The number of carbonyl (C=O) groups excluding carboxylic acids is 3. The first-order valence-corrected chi connectivity index (χ1v) is 5.23. The van der Waals surface area contributed by atoms with Crippen molar-refractivity contribution in [1.29, 1.82) is 0 Å². The van der Waals surface area contributed by atoms with Crippen molar-refractivity contribution >= 4 is 29.2 Å². The molecule has 0 aliphatic rings. The van der Waals surface area contributed by atoms with Crippen molar-refractivity contribution in [3.63, 3.8) is 0 Å². The molecule has 3 amide bonds. The second kappa shape index (κ2) is 5.86. The van der Waals surface area contributed by atoms with Crippen LogP contribution in [0.5, 0.6) is 0 Å². The predicted octanol–water partition coefficient (Wildman–Crippen LogP) is 0.0287. The summed E-state index contributed by atoms with van der Waals surface area (Å²) in [4.78, 5) is 33.2. The Morgan fingerprint density at radius 2 is 2.19 bits per heavy atom. The number of hydrogen-bond acceptors (Lipinski definition) is 5. The van der Waals surface area contributed by atoms with Gasteiger partial charge in [-0.25, -0.2) is 4.79 Å². The number of nitrogens with one attached hydrogen (secondary N) is 1. The molecule has 0 spiro atoms. The first kappa shape index (κ1) is 12.2. The number of imide groups is 1. The maximum absolute atomic E-state index is 11.2. The van der Waals surface area contributed by atoms with Gasteiger partial charge in [-0.1, -0.05) is 6.07 Å². The van der Waals surface area contributed by atoms with Gasteiger partial charge in [0.2, 0.25) is 0 Å². The SMILES string of the molecule is NC(=O)NC(=O)COC(=O)Cc1cccs1. The van der Waals surface area contributed by atoms with Crippen molar-refractivity contribution < 1.29 is 19.1 Å². The van der Waals surface area contributed by atoms with Crippen LogP contribution >= 0.6 is 11.3 Å². The van der Waals surface area contributed by atoms with E-state index >= 15 is 0 Å². The van der Waals surface area contributed by atoms with Crippen LogP contribution in [0, 0.1) is 0 Å². The molecule has 0 unspecified atom stereocenters. The van der Waals surface area contributed by atoms with E-state index in [2.05, 4.69) is 4.74 Å². The molecule has 0 saturated heterocycles. The van der Waals surface area contributed by atoms with Crippen molar-refractivity contribution in [3.8, 4) is 0 Å².